The predicted octanol–water partition coefficient (Wildman–Crippen LogP) is 1.76. The van der Waals surface area contributed by atoms with Crippen LogP contribution >= 0.6 is 11.6 Å². The zero-order valence-corrected chi connectivity index (χ0v) is 14.3. The monoisotopic (exact) mass is 359 g/mol. The van der Waals surface area contributed by atoms with E-state index in [1.54, 1.807) is 12.3 Å². The van der Waals surface area contributed by atoms with Crippen molar-refractivity contribution in [1.29, 1.82) is 0 Å². The van der Waals surface area contributed by atoms with Crippen molar-refractivity contribution in [2.75, 3.05) is 19.0 Å². The molecule has 3 rings (SSSR count). The molecule has 1 aliphatic heterocycles. The SMILES string of the molecule is O=C(NCC(=O)N1CCC[C@H]1C(=O)CCl)c1ccnc2ccccc12. The zero-order chi connectivity index (χ0) is 17.8. The van der Waals surface area contributed by atoms with Gasteiger partial charge in [0.05, 0.1) is 29.5 Å². The number of nitrogens with zero attached hydrogens (tertiary/aromatic N) is 2. The standard InChI is InChI=1S/C18H18ClN3O3/c19-10-16(23)15-6-3-9-22(15)17(24)11-21-18(25)13-7-8-20-14-5-2-1-4-12(13)14/h1-2,4-5,7-8,15H,3,6,9-11H2,(H,21,25)/t15-/m0/s1. The van der Waals surface area contributed by atoms with Crippen molar-refractivity contribution in [1.82, 2.24) is 15.2 Å². The summed E-state index contributed by atoms with van der Waals surface area (Å²) in [5.41, 5.74) is 1.18. The summed E-state index contributed by atoms with van der Waals surface area (Å²) < 4.78 is 0. The van der Waals surface area contributed by atoms with E-state index in [1.807, 2.05) is 24.3 Å². The molecule has 1 aliphatic rings. The van der Waals surface area contributed by atoms with Gasteiger partial charge >= 0.3 is 0 Å². The van der Waals surface area contributed by atoms with Crippen LogP contribution in [0.15, 0.2) is 36.5 Å². The number of ketones is 1. The highest BCUT2D eigenvalue weighted by Crippen LogP contribution is 2.19. The third-order valence-electron chi connectivity index (χ3n) is 4.37. The number of hydrogen-bond acceptors (Lipinski definition) is 4. The van der Waals surface area contributed by atoms with Crippen LogP contribution < -0.4 is 5.32 Å². The Morgan fingerprint density at radius 2 is 2.04 bits per heavy atom. The number of aromatic nitrogens is 1. The topological polar surface area (TPSA) is 79.4 Å². The van der Waals surface area contributed by atoms with Gasteiger partial charge in [0.2, 0.25) is 5.91 Å². The fourth-order valence-corrected chi connectivity index (χ4v) is 3.31. The molecule has 1 aromatic carbocycles. The van der Waals surface area contributed by atoms with Crippen LogP contribution in [0.4, 0.5) is 0 Å². The number of hydrogen-bond donors (Lipinski definition) is 1. The van der Waals surface area contributed by atoms with E-state index in [0.717, 1.165) is 11.8 Å². The molecule has 2 heterocycles. The lowest BCUT2D eigenvalue weighted by atomic mass is 10.1. The molecule has 1 N–H and O–H groups in total. The van der Waals surface area contributed by atoms with Crippen molar-refractivity contribution in [3.05, 3.63) is 42.1 Å². The average molecular weight is 360 g/mol. The predicted molar refractivity (Wildman–Crippen MR) is 94.5 cm³/mol. The number of alkyl halides is 1. The molecule has 7 heteroatoms. The summed E-state index contributed by atoms with van der Waals surface area (Å²) in [6.07, 6.45) is 2.96. The summed E-state index contributed by atoms with van der Waals surface area (Å²) in [5, 5.41) is 3.37. The van der Waals surface area contributed by atoms with E-state index < -0.39 is 6.04 Å². The third kappa shape index (κ3) is 3.64. The second-order valence-electron chi connectivity index (χ2n) is 5.90. The fraction of sp³-hybridized carbons (Fsp3) is 0.333. The highest BCUT2D eigenvalue weighted by molar-refractivity contribution is 6.28. The van der Waals surface area contributed by atoms with Crippen LogP contribution in [-0.2, 0) is 9.59 Å². The molecule has 0 aliphatic carbocycles. The number of Topliss-reactive ketones (excluding diaryl/α,β-unsaturated/α-hetero) is 1. The molecular formula is C18H18ClN3O3. The maximum Gasteiger partial charge on any atom is 0.252 e. The molecule has 1 atom stereocenters. The van der Waals surface area contributed by atoms with Crippen LogP contribution in [0.3, 0.4) is 0 Å². The van der Waals surface area contributed by atoms with Gasteiger partial charge in [0.25, 0.3) is 5.91 Å². The molecular weight excluding hydrogens is 342 g/mol. The number of pyridine rings is 1. The van der Waals surface area contributed by atoms with Crippen molar-refractivity contribution in [3.8, 4) is 0 Å². The fourth-order valence-electron chi connectivity index (χ4n) is 3.14. The van der Waals surface area contributed by atoms with Gasteiger partial charge in [-0.3, -0.25) is 19.4 Å². The van der Waals surface area contributed by atoms with Crippen LogP contribution in [0.2, 0.25) is 0 Å². The van der Waals surface area contributed by atoms with Crippen LogP contribution in [0, 0.1) is 0 Å². The Morgan fingerprint density at radius 3 is 2.84 bits per heavy atom. The van der Waals surface area contributed by atoms with Crippen LogP contribution in [0.1, 0.15) is 23.2 Å². The second-order valence-corrected chi connectivity index (χ2v) is 6.17. The van der Waals surface area contributed by atoms with Gasteiger partial charge in [-0.2, -0.15) is 0 Å². The molecule has 0 bridgehead atoms. The van der Waals surface area contributed by atoms with Crippen molar-refractivity contribution in [2.45, 2.75) is 18.9 Å². The molecule has 130 valence electrons. The molecule has 2 aromatic rings. The number of rotatable bonds is 5. The van der Waals surface area contributed by atoms with Crippen molar-refractivity contribution in [3.63, 3.8) is 0 Å². The second kappa shape index (κ2) is 7.61. The van der Waals surface area contributed by atoms with Crippen LogP contribution in [-0.4, -0.2) is 52.5 Å². The minimum Gasteiger partial charge on any atom is -0.343 e. The summed E-state index contributed by atoms with van der Waals surface area (Å²) in [5.74, 6) is -0.873. The van der Waals surface area contributed by atoms with E-state index in [-0.39, 0.29) is 30.0 Å². The van der Waals surface area contributed by atoms with E-state index in [2.05, 4.69) is 10.3 Å². The van der Waals surface area contributed by atoms with Crippen LogP contribution in [0.25, 0.3) is 10.9 Å². The highest BCUT2D eigenvalue weighted by Gasteiger charge is 2.33. The average Bonchev–Trinajstić information content (AvgIpc) is 3.14. The van der Waals surface area contributed by atoms with Crippen molar-refractivity contribution >= 4 is 40.1 Å². The number of para-hydroxylation sites is 1. The van der Waals surface area contributed by atoms with E-state index in [4.69, 9.17) is 11.6 Å². The number of amides is 2. The minimum absolute atomic E-state index is 0.107. The molecule has 1 fully saturated rings. The van der Waals surface area contributed by atoms with Gasteiger partial charge < -0.3 is 10.2 Å². The number of nitrogens with one attached hydrogen (secondary N) is 1. The Balaban J connectivity index is 1.67. The van der Waals surface area contributed by atoms with Crippen molar-refractivity contribution in [2.24, 2.45) is 0 Å². The zero-order valence-electron chi connectivity index (χ0n) is 13.6. The smallest absolute Gasteiger partial charge is 0.252 e. The van der Waals surface area contributed by atoms with Crippen LogP contribution in [0.5, 0.6) is 0 Å². The Kier molecular flexibility index (Phi) is 5.28. The maximum atomic E-state index is 12.5. The summed E-state index contributed by atoms with van der Waals surface area (Å²) in [6, 6.07) is 8.47. The lowest BCUT2D eigenvalue weighted by Gasteiger charge is -2.23. The van der Waals surface area contributed by atoms with Crippen molar-refractivity contribution < 1.29 is 14.4 Å². The molecule has 0 radical (unpaired) electrons. The maximum absolute atomic E-state index is 12.5. The summed E-state index contributed by atoms with van der Waals surface area (Å²) in [7, 11) is 0. The quantitative estimate of drug-likeness (QED) is 0.825. The lowest BCUT2D eigenvalue weighted by Crippen LogP contribution is -2.45. The largest absolute Gasteiger partial charge is 0.343 e. The molecule has 2 amide bonds. The molecule has 25 heavy (non-hydrogen) atoms. The van der Waals surface area contributed by atoms with Gasteiger partial charge in [-0.1, -0.05) is 18.2 Å². The van der Waals surface area contributed by atoms with E-state index in [1.165, 1.54) is 4.90 Å². The molecule has 0 saturated carbocycles. The number of halogens is 1. The number of benzene rings is 1. The van der Waals surface area contributed by atoms with E-state index in [9.17, 15) is 14.4 Å². The third-order valence-corrected chi connectivity index (χ3v) is 4.63. The Bertz CT molecular complexity index is 819. The van der Waals surface area contributed by atoms with Gasteiger partial charge in [-0.05, 0) is 25.0 Å². The summed E-state index contributed by atoms with van der Waals surface area (Å²) >= 11 is 5.60. The number of likely N-dealkylation sites (tertiary alicyclic amines) is 1. The molecule has 1 aromatic heterocycles. The highest BCUT2D eigenvalue weighted by atomic mass is 35.5. The number of carbonyl (C=O) groups excluding carboxylic acids is 3. The van der Waals surface area contributed by atoms with Gasteiger partial charge in [-0.25, -0.2) is 0 Å². The van der Waals surface area contributed by atoms with Gasteiger partial charge in [0.15, 0.2) is 5.78 Å². The van der Waals surface area contributed by atoms with Gasteiger partial charge in [-0.15, -0.1) is 11.6 Å². The Morgan fingerprint density at radius 1 is 1.24 bits per heavy atom. The molecule has 0 unspecified atom stereocenters. The lowest BCUT2D eigenvalue weighted by molar-refractivity contribution is -0.135. The van der Waals surface area contributed by atoms with E-state index in [0.29, 0.717) is 24.0 Å². The minimum atomic E-state index is -0.469. The summed E-state index contributed by atoms with van der Waals surface area (Å²) in [6.45, 7) is 0.363. The normalized spacial score (nSPS) is 16.8. The van der Waals surface area contributed by atoms with Gasteiger partial charge in [0, 0.05) is 18.1 Å². The molecule has 1 saturated heterocycles. The van der Waals surface area contributed by atoms with E-state index >= 15 is 0 Å². The Hall–Kier alpha value is -2.47. The molecule has 0 spiro atoms. The summed E-state index contributed by atoms with van der Waals surface area (Å²) in [4.78, 5) is 42.4. The Labute approximate surface area is 150 Å². The first-order chi connectivity index (χ1) is 12.1. The van der Waals surface area contributed by atoms with Gasteiger partial charge in [0.1, 0.15) is 0 Å². The number of carbonyl (C=O) groups is 3. The molecule has 6 nitrogen and oxygen atoms in total. The first kappa shape index (κ1) is 17.4. The first-order valence-corrected chi connectivity index (χ1v) is 8.65. The first-order valence-electron chi connectivity index (χ1n) is 8.12. The number of fused-ring (bicyclic) bond motifs is 1.